The molecule has 6 nitrogen and oxygen atoms in total. The van der Waals surface area contributed by atoms with Gasteiger partial charge in [-0.3, -0.25) is 9.52 Å². The largest absolute Gasteiger partial charge is 0.348 e. The third-order valence-electron chi connectivity index (χ3n) is 4.75. The van der Waals surface area contributed by atoms with E-state index >= 15 is 0 Å². The minimum atomic E-state index is -3.67. The summed E-state index contributed by atoms with van der Waals surface area (Å²) >= 11 is 0. The maximum Gasteiger partial charge on any atom is 0.254 e. The fourth-order valence-corrected chi connectivity index (χ4v) is 3.97. The fraction of sp³-hybridized carbons (Fsp3) is 0.0833. The first kappa shape index (κ1) is 20.6. The van der Waals surface area contributed by atoms with E-state index in [1.165, 1.54) is 0 Å². The number of nitrogens with zero attached hydrogens (tertiary/aromatic N) is 1. The van der Waals surface area contributed by atoms with Crippen molar-refractivity contribution < 1.29 is 13.2 Å². The number of fused-ring (bicyclic) bond motifs is 1. The van der Waals surface area contributed by atoms with E-state index in [2.05, 4.69) is 15.0 Å². The van der Waals surface area contributed by atoms with Crippen LogP contribution in [0.15, 0.2) is 84.9 Å². The first-order valence-corrected chi connectivity index (χ1v) is 11.6. The van der Waals surface area contributed by atoms with E-state index in [1.807, 2.05) is 66.7 Å². The van der Waals surface area contributed by atoms with Crippen LogP contribution in [0.5, 0.6) is 0 Å². The molecule has 0 saturated heterocycles. The van der Waals surface area contributed by atoms with Crippen molar-refractivity contribution in [3.05, 3.63) is 96.1 Å². The van der Waals surface area contributed by atoms with Crippen molar-refractivity contribution in [3.63, 3.8) is 0 Å². The number of nitrogens with one attached hydrogen (secondary N) is 2. The number of hydrogen-bond donors (Lipinski definition) is 2. The molecule has 3 aromatic carbocycles. The van der Waals surface area contributed by atoms with Crippen molar-refractivity contribution in [2.75, 3.05) is 11.0 Å². The molecule has 0 fully saturated rings. The van der Waals surface area contributed by atoms with Crippen LogP contribution in [0.4, 0.5) is 5.69 Å². The zero-order valence-electron chi connectivity index (χ0n) is 16.9. The summed E-state index contributed by atoms with van der Waals surface area (Å²) in [6.07, 6.45) is 1.06. The molecule has 0 aliphatic rings. The summed E-state index contributed by atoms with van der Waals surface area (Å²) in [6.45, 7) is 0.315. The monoisotopic (exact) mass is 431 g/mol. The van der Waals surface area contributed by atoms with Gasteiger partial charge in [-0.1, -0.05) is 78.9 Å². The third kappa shape index (κ3) is 4.73. The quantitative estimate of drug-likeness (QED) is 0.479. The summed E-state index contributed by atoms with van der Waals surface area (Å²) in [7, 11) is -3.67. The van der Waals surface area contributed by atoms with Crippen LogP contribution >= 0.6 is 0 Å². The van der Waals surface area contributed by atoms with Gasteiger partial charge in [-0.05, 0) is 11.6 Å². The number of benzene rings is 3. The average molecular weight is 432 g/mol. The lowest BCUT2D eigenvalue weighted by atomic mass is 10.0. The number of aromatic nitrogens is 1. The second-order valence-corrected chi connectivity index (χ2v) is 8.88. The van der Waals surface area contributed by atoms with Gasteiger partial charge in [0.15, 0.2) is 0 Å². The van der Waals surface area contributed by atoms with Gasteiger partial charge in [0.05, 0.1) is 28.7 Å². The molecule has 1 amide bonds. The van der Waals surface area contributed by atoms with Gasteiger partial charge in [0.2, 0.25) is 10.0 Å². The number of carbonyl (C=O) groups excluding carboxylic acids is 1. The molecule has 0 saturated carbocycles. The summed E-state index contributed by atoms with van der Waals surface area (Å²) in [6, 6.07) is 25.9. The van der Waals surface area contributed by atoms with Gasteiger partial charge in [0, 0.05) is 17.5 Å². The van der Waals surface area contributed by atoms with Gasteiger partial charge in [0.1, 0.15) is 0 Å². The predicted molar refractivity (Wildman–Crippen MR) is 123 cm³/mol. The van der Waals surface area contributed by atoms with Crippen molar-refractivity contribution in [1.82, 2.24) is 10.3 Å². The third-order valence-corrected chi connectivity index (χ3v) is 5.33. The number of pyridine rings is 1. The van der Waals surface area contributed by atoms with Crippen LogP contribution in [0.1, 0.15) is 15.9 Å². The summed E-state index contributed by atoms with van der Waals surface area (Å²) in [4.78, 5) is 18.0. The Morgan fingerprint density at radius 1 is 0.871 bits per heavy atom. The molecule has 1 aromatic heterocycles. The van der Waals surface area contributed by atoms with Crippen LogP contribution in [-0.2, 0) is 16.6 Å². The first-order valence-electron chi connectivity index (χ1n) is 9.70. The molecule has 4 rings (SSSR count). The summed E-state index contributed by atoms with van der Waals surface area (Å²) < 4.78 is 26.9. The van der Waals surface area contributed by atoms with Crippen LogP contribution in [0.2, 0.25) is 0 Å². The highest BCUT2D eigenvalue weighted by Gasteiger charge is 2.23. The molecule has 156 valence electrons. The number of hydrogen-bond acceptors (Lipinski definition) is 4. The Bertz CT molecular complexity index is 1340. The Kier molecular flexibility index (Phi) is 5.68. The molecule has 0 atom stereocenters. The zero-order chi connectivity index (χ0) is 21.8. The zero-order valence-corrected chi connectivity index (χ0v) is 17.7. The lowest BCUT2D eigenvalue weighted by Crippen LogP contribution is -2.25. The van der Waals surface area contributed by atoms with Gasteiger partial charge in [-0.15, -0.1) is 0 Å². The topological polar surface area (TPSA) is 88.2 Å². The standard InChI is InChI=1S/C24H21N3O3S/c1-31(29,30)27-23-21(24(28)25-16-17-10-4-2-5-11-17)19-14-8-9-15-20(19)26-22(23)18-12-6-3-7-13-18/h2-15,27H,16H2,1H3,(H,25,28). The van der Waals surface area contributed by atoms with Crippen molar-refractivity contribution in [2.45, 2.75) is 6.54 Å². The molecular formula is C24H21N3O3S. The Hall–Kier alpha value is -3.71. The van der Waals surface area contributed by atoms with E-state index in [0.29, 0.717) is 28.7 Å². The number of sulfonamides is 1. The molecule has 0 spiro atoms. The van der Waals surface area contributed by atoms with Crippen molar-refractivity contribution in [1.29, 1.82) is 0 Å². The second kappa shape index (κ2) is 8.57. The van der Waals surface area contributed by atoms with Crippen LogP contribution in [-0.4, -0.2) is 25.6 Å². The molecule has 0 bridgehead atoms. The summed E-state index contributed by atoms with van der Waals surface area (Å²) in [5.74, 6) is -0.384. The summed E-state index contributed by atoms with van der Waals surface area (Å²) in [5.41, 5.74) is 3.05. The number of amides is 1. The van der Waals surface area contributed by atoms with E-state index in [1.54, 1.807) is 18.2 Å². The molecule has 7 heteroatoms. The molecule has 2 N–H and O–H groups in total. The second-order valence-electron chi connectivity index (χ2n) is 7.14. The highest BCUT2D eigenvalue weighted by atomic mass is 32.2. The van der Waals surface area contributed by atoms with E-state index in [0.717, 1.165) is 11.8 Å². The van der Waals surface area contributed by atoms with Crippen LogP contribution < -0.4 is 10.0 Å². The average Bonchev–Trinajstić information content (AvgIpc) is 2.77. The lowest BCUT2D eigenvalue weighted by Gasteiger charge is -2.18. The molecular weight excluding hydrogens is 410 g/mol. The highest BCUT2D eigenvalue weighted by Crippen LogP contribution is 2.35. The van der Waals surface area contributed by atoms with E-state index in [4.69, 9.17) is 0 Å². The number of anilines is 1. The molecule has 0 unspecified atom stereocenters. The Morgan fingerprint density at radius 2 is 1.48 bits per heavy atom. The first-order chi connectivity index (χ1) is 14.9. The number of rotatable bonds is 6. The van der Waals surface area contributed by atoms with Gasteiger partial charge in [0.25, 0.3) is 5.91 Å². The van der Waals surface area contributed by atoms with E-state index < -0.39 is 10.0 Å². The minimum absolute atomic E-state index is 0.165. The smallest absolute Gasteiger partial charge is 0.254 e. The number of carbonyl (C=O) groups is 1. The maximum atomic E-state index is 13.3. The van der Waals surface area contributed by atoms with Gasteiger partial charge in [-0.2, -0.15) is 0 Å². The fourth-order valence-electron chi connectivity index (χ4n) is 3.40. The predicted octanol–water partition coefficient (Wildman–Crippen LogP) is 4.20. The van der Waals surface area contributed by atoms with Crippen LogP contribution in [0.25, 0.3) is 22.2 Å². The minimum Gasteiger partial charge on any atom is -0.348 e. The Balaban J connectivity index is 1.90. The van der Waals surface area contributed by atoms with Gasteiger partial charge < -0.3 is 5.32 Å². The molecule has 4 aromatic rings. The Morgan fingerprint density at radius 3 is 2.16 bits per heavy atom. The maximum absolute atomic E-state index is 13.3. The SMILES string of the molecule is CS(=O)(=O)Nc1c(-c2ccccc2)nc2ccccc2c1C(=O)NCc1ccccc1. The van der Waals surface area contributed by atoms with Crippen molar-refractivity contribution >= 4 is 32.5 Å². The molecule has 0 radical (unpaired) electrons. The van der Waals surface area contributed by atoms with Gasteiger partial charge in [-0.25, -0.2) is 13.4 Å². The van der Waals surface area contributed by atoms with Crippen molar-refractivity contribution in [3.8, 4) is 11.3 Å². The molecule has 1 heterocycles. The normalized spacial score (nSPS) is 11.3. The summed E-state index contributed by atoms with van der Waals surface area (Å²) in [5, 5.41) is 3.48. The van der Waals surface area contributed by atoms with E-state index in [9.17, 15) is 13.2 Å². The van der Waals surface area contributed by atoms with Crippen LogP contribution in [0.3, 0.4) is 0 Å². The van der Waals surface area contributed by atoms with Crippen LogP contribution in [0, 0.1) is 0 Å². The van der Waals surface area contributed by atoms with Crippen molar-refractivity contribution in [2.24, 2.45) is 0 Å². The molecule has 31 heavy (non-hydrogen) atoms. The highest BCUT2D eigenvalue weighted by molar-refractivity contribution is 7.92. The van der Waals surface area contributed by atoms with Gasteiger partial charge >= 0.3 is 0 Å². The lowest BCUT2D eigenvalue weighted by molar-refractivity contribution is 0.0953. The molecule has 0 aliphatic carbocycles. The van der Waals surface area contributed by atoms with E-state index in [-0.39, 0.29) is 17.2 Å². The Labute approximate surface area is 181 Å². The number of para-hydroxylation sites is 1. The molecule has 0 aliphatic heterocycles.